The summed E-state index contributed by atoms with van der Waals surface area (Å²) in [4.78, 5) is 27.2. The first kappa shape index (κ1) is 10.1. The number of nitrogens with one attached hydrogen (secondary N) is 2. The molecule has 0 amide bonds. The molecule has 88 valence electrons. The van der Waals surface area contributed by atoms with Gasteiger partial charge < -0.3 is 15.1 Å². The number of benzene rings is 1. The second kappa shape index (κ2) is 3.48. The number of carboxylic acid groups (broad SMARTS) is 1. The van der Waals surface area contributed by atoms with Gasteiger partial charge >= 0.3 is 11.7 Å². The fourth-order valence-corrected chi connectivity index (χ4v) is 2.29. The van der Waals surface area contributed by atoms with Crippen LogP contribution in [0.3, 0.4) is 0 Å². The third-order valence-corrected chi connectivity index (χ3v) is 3.32. The predicted molar refractivity (Wildman–Crippen MR) is 61.9 cm³/mol. The van der Waals surface area contributed by atoms with Crippen LogP contribution in [0.5, 0.6) is 0 Å². The number of hydrogen-bond donors (Lipinski definition) is 3. The van der Waals surface area contributed by atoms with Crippen molar-refractivity contribution in [1.29, 1.82) is 0 Å². The zero-order valence-corrected chi connectivity index (χ0v) is 9.06. The molecule has 5 nitrogen and oxygen atoms in total. The van der Waals surface area contributed by atoms with Crippen molar-refractivity contribution >= 4 is 17.0 Å². The molecule has 1 heterocycles. The van der Waals surface area contributed by atoms with Crippen LogP contribution in [-0.2, 0) is 11.2 Å². The molecule has 2 atom stereocenters. The zero-order valence-electron chi connectivity index (χ0n) is 9.06. The first-order valence-electron chi connectivity index (χ1n) is 5.57. The third kappa shape index (κ3) is 1.84. The van der Waals surface area contributed by atoms with Gasteiger partial charge in [-0.2, -0.15) is 0 Å². The standard InChI is InChI=1S/C12H12N2O3/c15-11(16)8-5-7(8)3-6-1-2-9-10(4-6)14-12(17)13-9/h1-2,4,7-8H,3,5H2,(H,15,16)(H2,13,14,17). The number of fused-ring (bicyclic) bond motifs is 1. The number of H-pyrrole nitrogens is 2. The van der Waals surface area contributed by atoms with Gasteiger partial charge in [-0.1, -0.05) is 6.07 Å². The van der Waals surface area contributed by atoms with Gasteiger partial charge in [0.05, 0.1) is 17.0 Å². The lowest BCUT2D eigenvalue weighted by atomic mass is 10.1. The maximum atomic E-state index is 11.1. The van der Waals surface area contributed by atoms with Gasteiger partial charge in [0.2, 0.25) is 0 Å². The molecule has 0 spiro atoms. The van der Waals surface area contributed by atoms with Crippen LogP contribution >= 0.6 is 0 Å². The molecule has 0 bridgehead atoms. The van der Waals surface area contributed by atoms with E-state index in [-0.39, 0.29) is 17.5 Å². The lowest BCUT2D eigenvalue weighted by Gasteiger charge is -1.99. The molecule has 1 aliphatic carbocycles. The lowest BCUT2D eigenvalue weighted by molar-refractivity contribution is -0.138. The van der Waals surface area contributed by atoms with Gasteiger partial charge in [0, 0.05) is 0 Å². The van der Waals surface area contributed by atoms with Crippen LogP contribution in [0.25, 0.3) is 11.0 Å². The zero-order chi connectivity index (χ0) is 12.0. The molecule has 17 heavy (non-hydrogen) atoms. The van der Waals surface area contributed by atoms with Crippen molar-refractivity contribution in [2.45, 2.75) is 12.8 Å². The Bertz CT molecular complexity index is 640. The topological polar surface area (TPSA) is 85.9 Å². The molecule has 0 aliphatic heterocycles. The van der Waals surface area contributed by atoms with E-state index >= 15 is 0 Å². The monoisotopic (exact) mass is 232 g/mol. The summed E-state index contributed by atoms with van der Waals surface area (Å²) in [5.74, 6) is -0.641. The molecule has 2 unspecified atom stereocenters. The summed E-state index contributed by atoms with van der Waals surface area (Å²) in [5.41, 5.74) is 2.41. The Morgan fingerprint density at radius 1 is 1.35 bits per heavy atom. The minimum absolute atomic E-state index is 0.184. The number of hydrogen-bond acceptors (Lipinski definition) is 2. The Morgan fingerprint density at radius 3 is 2.82 bits per heavy atom. The van der Waals surface area contributed by atoms with E-state index < -0.39 is 5.97 Å². The minimum atomic E-state index is -0.703. The number of aromatic nitrogens is 2. The van der Waals surface area contributed by atoms with Crippen molar-refractivity contribution in [2.24, 2.45) is 11.8 Å². The maximum Gasteiger partial charge on any atom is 0.323 e. The predicted octanol–water partition coefficient (Wildman–Crippen LogP) is 1.12. The average Bonchev–Trinajstić information content (AvgIpc) is 2.92. The van der Waals surface area contributed by atoms with Crippen molar-refractivity contribution in [2.75, 3.05) is 0 Å². The molecule has 0 radical (unpaired) electrons. The highest BCUT2D eigenvalue weighted by molar-refractivity contribution is 5.75. The van der Waals surface area contributed by atoms with Crippen LogP contribution in [0, 0.1) is 11.8 Å². The number of imidazole rings is 1. The van der Waals surface area contributed by atoms with E-state index in [1.165, 1.54) is 0 Å². The molecule has 1 fully saturated rings. The third-order valence-electron chi connectivity index (χ3n) is 3.32. The van der Waals surface area contributed by atoms with E-state index in [4.69, 9.17) is 5.11 Å². The van der Waals surface area contributed by atoms with Crippen LogP contribution in [0.1, 0.15) is 12.0 Å². The highest BCUT2D eigenvalue weighted by atomic mass is 16.4. The normalized spacial score (nSPS) is 22.8. The second-order valence-electron chi connectivity index (χ2n) is 4.60. The SMILES string of the molecule is O=C(O)C1CC1Cc1ccc2[nH]c(=O)[nH]c2c1. The first-order valence-corrected chi connectivity index (χ1v) is 5.57. The van der Waals surface area contributed by atoms with Crippen molar-refractivity contribution in [3.05, 3.63) is 34.2 Å². The van der Waals surface area contributed by atoms with Gasteiger partial charge in [-0.3, -0.25) is 4.79 Å². The molecule has 1 aromatic heterocycles. The molecule has 1 aromatic carbocycles. The molecule has 0 saturated heterocycles. The number of carbonyl (C=O) groups is 1. The number of carboxylic acids is 1. The summed E-state index contributed by atoms with van der Waals surface area (Å²) in [5, 5.41) is 8.82. The van der Waals surface area contributed by atoms with Gasteiger partial charge in [-0.15, -0.1) is 0 Å². The van der Waals surface area contributed by atoms with E-state index in [2.05, 4.69) is 9.97 Å². The van der Waals surface area contributed by atoms with Gasteiger partial charge in [0.15, 0.2) is 0 Å². The Morgan fingerprint density at radius 2 is 2.12 bits per heavy atom. The molecule has 1 saturated carbocycles. The summed E-state index contributed by atoms with van der Waals surface area (Å²) < 4.78 is 0. The van der Waals surface area contributed by atoms with Crippen LogP contribution in [0.4, 0.5) is 0 Å². The molecule has 5 heteroatoms. The fraction of sp³-hybridized carbons (Fsp3) is 0.333. The summed E-state index contributed by atoms with van der Waals surface area (Å²) >= 11 is 0. The Labute approximate surface area is 96.5 Å². The summed E-state index contributed by atoms with van der Waals surface area (Å²) in [7, 11) is 0. The highest BCUT2D eigenvalue weighted by Gasteiger charge is 2.42. The molecular weight excluding hydrogens is 220 g/mol. The van der Waals surface area contributed by atoms with Gasteiger partial charge in [0.25, 0.3) is 0 Å². The molecular formula is C12H12N2O3. The molecule has 2 aromatic rings. The van der Waals surface area contributed by atoms with E-state index in [1.54, 1.807) is 0 Å². The van der Waals surface area contributed by atoms with Gasteiger partial charge in [0.1, 0.15) is 0 Å². The van der Waals surface area contributed by atoms with Crippen LogP contribution in [-0.4, -0.2) is 21.0 Å². The van der Waals surface area contributed by atoms with Crippen molar-refractivity contribution < 1.29 is 9.90 Å². The lowest BCUT2D eigenvalue weighted by Crippen LogP contribution is -2.01. The van der Waals surface area contributed by atoms with Crippen molar-refractivity contribution in [3.8, 4) is 0 Å². The first-order chi connectivity index (χ1) is 8.13. The van der Waals surface area contributed by atoms with Gasteiger partial charge in [-0.05, 0) is 36.5 Å². The average molecular weight is 232 g/mol. The summed E-state index contributed by atoms with van der Waals surface area (Å²) in [6, 6.07) is 5.69. The number of aliphatic carboxylic acids is 1. The van der Waals surface area contributed by atoms with E-state index in [9.17, 15) is 9.59 Å². The van der Waals surface area contributed by atoms with Crippen molar-refractivity contribution in [1.82, 2.24) is 9.97 Å². The van der Waals surface area contributed by atoms with Crippen LogP contribution in [0.2, 0.25) is 0 Å². The smallest absolute Gasteiger partial charge is 0.323 e. The Kier molecular flexibility index (Phi) is 2.07. The van der Waals surface area contributed by atoms with Crippen molar-refractivity contribution in [3.63, 3.8) is 0 Å². The van der Waals surface area contributed by atoms with Gasteiger partial charge in [-0.25, -0.2) is 4.79 Å². The van der Waals surface area contributed by atoms with E-state index in [0.29, 0.717) is 0 Å². The highest BCUT2D eigenvalue weighted by Crippen LogP contribution is 2.41. The Balaban J connectivity index is 1.82. The molecule has 1 aliphatic rings. The Hall–Kier alpha value is -2.04. The van der Waals surface area contributed by atoms with E-state index in [1.807, 2.05) is 18.2 Å². The maximum absolute atomic E-state index is 11.1. The quantitative estimate of drug-likeness (QED) is 0.741. The second-order valence-corrected chi connectivity index (χ2v) is 4.60. The summed E-state index contributed by atoms with van der Waals surface area (Å²) in [6.07, 6.45) is 1.52. The van der Waals surface area contributed by atoms with Crippen LogP contribution in [0.15, 0.2) is 23.0 Å². The number of aromatic amines is 2. The van der Waals surface area contributed by atoms with Crippen LogP contribution < -0.4 is 5.69 Å². The summed E-state index contributed by atoms with van der Waals surface area (Å²) in [6.45, 7) is 0. The molecule has 3 N–H and O–H groups in total. The van der Waals surface area contributed by atoms with E-state index in [0.717, 1.165) is 29.4 Å². The molecule has 3 rings (SSSR count). The fourth-order valence-electron chi connectivity index (χ4n) is 2.29. The minimum Gasteiger partial charge on any atom is -0.481 e. The number of rotatable bonds is 3. The largest absolute Gasteiger partial charge is 0.481 e.